The summed E-state index contributed by atoms with van der Waals surface area (Å²) in [7, 11) is 0. The van der Waals surface area contributed by atoms with Crippen molar-refractivity contribution in [3.8, 4) is 5.75 Å². The minimum absolute atomic E-state index is 0.0241. The first-order chi connectivity index (χ1) is 18.2. The number of rotatable bonds is 7. The third-order valence-corrected chi connectivity index (χ3v) is 6.21. The van der Waals surface area contributed by atoms with E-state index in [2.05, 4.69) is 23.3 Å². The Hall–Kier alpha value is -3.72. The van der Waals surface area contributed by atoms with Crippen LogP contribution in [0.15, 0.2) is 66.7 Å². The van der Waals surface area contributed by atoms with Gasteiger partial charge in [0.05, 0.1) is 0 Å². The molecule has 0 radical (unpaired) electrons. The number of nitrogens with zero attached hydrogens (tertiary/aromatic N) is 1. The van der Waals surface area contributed by atoms with Crippen LogP contribution in [0.4, 0.5) is 10.5 Å². The molecule has 9 heteroatoms. The van der Waals surface area contributed by atoms with Gasteiger partial charge >= 0.3 is 6.09 Å². The second-order valence-electron chi connectivity index (χ2n) is 11.3. The molecular weight excluding hydrogens is 514 g/mol. The lowest BCUT2D eigenvalue weighted by Gasteiger charge is -2.43. The molecule has 0 aliphatic carbocycles. The molecule has 8 nitrogen and oxygen atoms in total. The van der Waals surface area contributed by atoms with Crippen molar-refractivity contribution in [3.63, 3.8) is 0 Å². The Bertz CT molecular complexity index is 1350. The van der Waals surface area contributed by atoms with Gasteiger partial charge in [-0.25, -0.2) is 4.79 Å². The quantitative estimate of drug-likeness (QED) is 0.283. The number of nitrogens with one attached hydrogen (secondary N) is 2. The lowest BCUT2D eigenvalue weighted by molar-refractivity contribution is -0.146. The average molecular weight is 552 g/mol. The highest BCUT2D eigenvalue weighted by Crippen LogP contribution is 2.33. The van der Waals surface area contributed by atoms with Crippen LogP contribution in [-0.4, -0.2) is 50.8 Å². The molecule has 3 rings (SSSR count). The average Bonchev–Trinajstić information content (AvgIpc) is 2.83. The van der Waals surface area contributed by atoms with Gasteiger partial charge in [-0.1, -0.05) is 42.5 Å². The Morgan fingerprint density at radius 1 is 0.923 bits per heavy atom. The van der Waals surface area contributed by atoms with Crippen molar-refractivity contribution in [3.05, 3.63) is 72.3 Å². The largest absolute Gasteiger partial charge is 0.508 e. The molecule has 3 aromatic carbocycles. The second kappa shape index (κ2) is 12.0. The fourth-order valence-corrected chi connectivity index (χ4v) is 4.49. The third kappa shape index (κ3) is 7.89. The van der Waals surface area contributed by atoms with Gasteiger partial charge in [-0.2, -0.15) is 12.6 Å². The van der Waals surface area contributed by atoms with Crippen molar-refractivity contribution in [1.29, 1.82) is 0 Å². The van der Waals surface area contributed by atoms with E-state index in [0.717, 1.165) is 10.8 Å². The normalized spacial score (nSPS) is 13.3. The molecule has 0 saturated heterocycles. The number of phenolic OH excluding ortho intramolecular Hbond substituents is 1. The first-order valence-corrected chi connectivity index (χ1v) is 13.3. The Kier molecular flexibility index (Phi) is 9.17. The van der Waals surface area contributed by atoms with Gasteiger partial charge in [0.25, 0.3) is 5.91 Å². The zero-order valence-corrected chi connectivity index (χ0v) is 24.1. The summed E-state index contributed by atoms with van der Waals surface area (Å²) in [5, 5.41) is 17.7. The zero-order chi connectivity index (χ0) is 29.0. The van der Waals surface area contributed by atoms with E-state index < -0.39 is 41.1 Å². The standard InChI is InChI=1S/C30H37N3O5S/c1-29(2,3)33(27(36)24(18-39)32-28(37)38-30(4,5)6)25(21-12-9-13-23(34)17-21)26(35)31-22-15-14-19-10-7-8-11-20(19)16-22/h7-17,24-25,34,39H,18H2,1-6H3,(H,31,35)(H,32,37). The third-order valence-electron chi connectivity index (χ3n) is 5.84. The number of anilines is 1. The van der Waals surface area contributed by atoms with E-state index in [-0.39, 0.29) is 11.5 Å². The van der Waals surface area contributed by atoms with E-state index >= 15 is 0 Å². The maximum Gasteiger partial charge on any atom is 0.408 e. The van der Waals surface area contributed by atoms with Crippen molar-refractivity contribution < 1.29 is 24.2 Å². The first kappa shape index (κ1) is 29.8. The fraction of sp³-hybridized carbons (Fsp3) is 0.367. The number of ether oxygens (including phenoxy) is 1. The smallest absolute Gasteiger partial charge is 0.408 e. The number of phenols is 1. The highest BCUT2D eigenvalue weighted by molar-refractivity contribution is 7.80. The van der Waals surface area contributed by atoms with Crippen LogP contribution < -0.4 is 10.6 Å². The highest BCUT2D eigenvalue weighted by Gasteiger charge is 2.41. The summed E-state index contributed by atoms with van der Waals surface area (Å²) in [5.74, 6) is -1.07. The number of alkyl carbamates (subject to hydrolysis) is 1. The topological polar surface area (TPSA) is 108 Å². The summed E-state index contributed by atoms with van der Waals surface area (Å²) >= 11 is 4.31. The van der Waals surface area contributed by atoms with E-state index in [9.17, 15) is 19.5 Å². The molecule has 2 atom stereocenters. The molecule has 0 fully saturated rings. The van der Waals surface area contributed by atoms with Crippen LogP contribution in [0.5, 0.6) is 5.75 Å². The molecule has 3 N–H and O–H groups in total. The minimum atomic E-state index is -1.14. The number of thiol groups is 1. The van der Waals surface area contributed by atoms with Crippen LogP contribution in [0, 0.1) is 0 Å². The number of hydrogen-bond donors (Lipinski definition) is 4. The summed E-state index contributed by atoms with van der Waals surface area (Å²) in [4.78, 5) is 41.9. The molecule has 0 heterocycles. The molecule has 3 amide bonds. The molecule has 39 heavy (non-hydrogen) atoms. The lowest BCUT2D eigenvalue weighted by atomic mass is 9.95. The molecule has 0 bridgehead atoms. The Labute approximate surface area is 235 Å². The van der Waals surface area contributed by atoms with Gasteiger partial charge < -0.3 is 25.4 Å². The number of benzene rings is 3. The van der Waals surface area contributed by atoms with Crippen LogP contribution in [0.1, 0.15) is 53.1 Å². The summed E-state index contributed by atoms with van der Waals surface area (Å²) in [6.07, 6.45) is -0.765. The number of hydrogen-bond acceptors (Lipinski definition) is 6. The Balaban J connectivity index is 2.03. The molecule has 0 aliphatic heterocycles. The van der Waals surface area contributed by atoms with Crippen molar-refractivity contribution in [2.75, 3.05) is 11.1 Å². The van der Waals surface area contributed by atoms with E-state index in [1.54, 1.807) is 59.7 Å². The van der Waals surface area contributed by atoms with Crippen molar-refractivity contribution in [2.24, 2.45) is 0 Å². The molecule has 0 aromatic heterocycles. The molecule has 2 unspecified atom stereocenters. The van der Waals surface area contributed by atoms with Crippen LogP contribution >= 0.6 is 12.6 Å². The Morgan fingerprint density at radius 2 is 1.59 bits per heavy atom. The van der Waals surface area contributed by atoms with Crippen molar-refractivity contribution in [2.45, 2.75) is 64.8 Å². The van der Waals surface area contributed by atoms with Gasteiger partial charge in [0.1, 0.15) is 23.4 Å². The Morgan fingerprint density at radius 3 is 2.18 bits per heavy atom. The number of fused-ring (bicyclic) bond motifs is 1. The van der Waals surface area contributed by atoms with Gasteiger partial charge in [0.2, 0.25) is 5.91 Å². The number of carbonyl (C=O) groups excluding carboxylic acids is 3. The van der Waals surface area contributed by atoms with Crippen LogP contribution in [0.3, 0.4) is 0 Å². The second-order valence-corrected chi connectivity index (χ2v) is 11.7. The molecule has 208 valence electrons. The van der Waals surface area contributed by atoms with Gasteiger partial charge in [-0.3, -0.25) is 9.59 Å². The number of carbonyl (C=O) groups is 3. The summed E-state index contributed by atoms with van der Waals surface area (Å²) in [6, 6.07) is 17.4. The molecule has 0 aliphatic rings. The molecular formula is C30H37N3O5S. The summed E-state index contributed by atoms with van der Waals surface area (Å²) < 4.78 is 5.34. The highest BCUT2D eigenvalue weighted by atomic mass is 32.1. The van der Waals surface area contributed by atoms with E-state index in [1.807, 2.05) is 36.4 Å². The van der Waals surface area contributed by atoms with Crippen molar-refractivity contribution >= 4 is 47.0 Å². The van der Waals surface area contributed by atoms with Gasteiger partial charge in [0, 0.05) is 17.0 Å². The first-order valence-electron chi connectivity index (χ1n) is 12.7. The van der Waals surface area contributed by atoms with Gasteiger partial charge in [0.15, 0.2) is 0 Å². The van der Waals surface area contributed by atoms with E-state index in [0.29, 0.717) is 11.3 Å². The van der Waals surface area contributed by atoms with Gasteiger partial charge in [-0.15, -0.1) is 0 Å². The maximum absolute atomic E-state index is 14.0. The SMILES string of the molecule is CC(C)(C)OC(=O)NC(CS)C(=O)N(C(C(=O)Nc1ccc2ccccc2c1)c1cccc(O)c1)C(C)(C)C. The molecule has 0 spiro atoms. The predicted octanol–water partition coefficient (Wildman–Crippen LogP) is 5.68. The maximum atomic E-state index is 14.0. The number of aromatic hydroxyl groups is 1. The van der Waals surface area contributed by atoms with Crippen LogP contribution in [-0.2, 0) is 14.3 Å². The molecule has 0 saturated carbocycles. The van der Waals surface area contributed by atoms with E-state index in [1.165, 1.54) is 17.0 Å². The zero-order valence-electron chi connectivity index (χ0n) is 23.2. The number of amides is 3. The molecule has 3 aromatic rings. The lowest BCUT2D eigenvalue weighted by Crippen LogP contribution is -2.58. The monoisotopic (exact) mass is 551 g/mol. The summed E-state index contributed by atoms with van der Waals surface area (Å²) in [6.45, 7) is 10.6. The minimum Gasteiger partial charge on any atom is -0.508 e. The summed E-state index contributed by atoms with van der Waals surface area (Å²) in [5.41, 5.74) is -0.665. The van der Waals surface area contributed by atoms with E-state index in [4.69, 9.17) is 4.74 Å². The van der Waals surface area contributed by atoms with Gasteiger partial charge in [-0.05, 0) is 82.1 Å². The van der Waals surface area contributed by atoms with Crippen LogP contribution in [0.2, 0.25) is 0 Å². The van der Waals surface area contributed by atoms with Crippen molar-refractivity contribution in [1.82, 2.24) is 10.2 Å². The predicted molar refractivity (Wildman–Crippen MR) is 157 cm³/mol. The fourth-order valence-electron chi connectivity index (χ4n) is 4.24. The van der Waals surface area contributed by atoms with Crippen LogP contribution in [0.25, 0.3) is 10.8 Å².